The van der Waals surface area contributed by atoms with Crippen LogP contribution in [0.3, 0.4) is 0 Å². The van der Waals surface area contributed by atoms with E-state index >= 15 is 0 Å². The number of aryl methyl sites for hydroxylation is 1. The fourth-order valence-corrected chi connectivity index (χ4v) is 2.47. The minimum Gasteiger partial charge on any atom is -0.481 e. The van der Waals surface area contributed by atoms with Crippen LogP contribution in [0.15, 0.2) is 12.4 Å². The number of aromatic nitrogens is 2. The third-order valence-electron chi connectivity index (χ3n) is 3.27. The van der Waals surface area contributed by atoms with Crippen LogP contribution in [0.2, 0.25) is 0 Å². The number of hydrogen-bond donors (Lipinski definition) is 1. The highest BCUT2D eigenvalue weighted by Crippen LogP contribution is 2.36. The summed E-state index contributed by atoms with van der Waals surface area (Å²) >= 11 is 0. The van der Waals surface area contributed by atoms with Crippen LogP contribution in [0, 0.1) is 5.92 Å². The van der Waals surface area contributed by atoms with E-state index in [0.717, 1.165) is 31.5 Å². The van der Waals surface area contributed by atoms with E-state index in [1.165, 1.54) is 0 Å². The van der Waals surface area contributed by atoms with Gasteiger partial charge in [-0.3, -0.25) is 4.79 Å². The maximum atomic E-state index is 11.1. The summed E-state index contributed by atoms with van der Waals surface area (Å²) in [7, 11) is 1.93. The lowest BCUT2D eigenvalue weighted by Gasteiger charge is -2.27. The highest BCUT2D eigenvalue weighted by Gasteiger charge is 2.33. The van der Waals surface area contributed by atoms with Crippen LogP contribution in [0.4, 0.5) is 0 Å². The second-order valence-corrected chi connectivity index (χ2v) is 4.23. The van der Waals surface area contributed by atoms with Gasteiger partial charge in [-0.25, -0.2) is 4.98 Å². The van der Waals surface area contributed by atoms with Gasteiger partial charge in [0.1, 0.15) is 5.82 Å². The van der Waals surface area contributed by atoms with Gasteiger partial charge in [0.2, 0.25) is 0 Å². The molecule has 4 heteroatoms. The van der Waals surface area contributed by atoms with Gasteiger partial charge in [-0.2, -0.15) is 0 Å². The predicted octanol–water partition coefficient (Wildman–Crippen LogP) is 1.78. The Morgan fingerprint density at radius 2 is 2.27 bits per heavy atom. The first kappa shape index (κ1) is 10.2. The van der Waals surface area contributed by atoms with Gasteiger partial charge < -0.3 is 9.67 Å². The Morgan fingerprint density at radius 1 is 1.53 bits per heavy atom. The standard InChI is InChI=1S/C11H16N2O2/c1-13-7-6-12-10(13)8-4-2-3-5-9(8)11(14)15/h6-9H,2-5H2,1H3,(H,14,15)/t8-,9-/m0/s1. The third-order valence-corrected chi connectivity index (χ3v) is 3.27. The molecule has 0 bridgehead atoms. The molecule has 0 unspecified atom stereocenters. The van der Waals surface area contributed by atoms with Gasteiger partial charge in [-0.1, -0.05) is 12.8 Å². The number of carbonyl (C=O) groups is 1. The monoisotopic (exact) mass is 208 g/mol. The summed E-state index contributed by atoms with van der Waals surface area (Å²) in [5.74, 6) is 0.0842. The molecule has 2 atom stereocenters. The first-order valence-electron chi connectivity index (χ1n) is 5.40. The van der Waals surface area contributed by atoms with E-state index in [0.29, 0.717) is 0 Å². The second-order valence-electron chi connectivity index (χ2n) is 4.23. The van der Waals surface area contributed by atoms with E-state index in [4.69, 9.17) is 5.11 Å². The van der Waals surface area contributed by atoms with Crippen molar-refractivity contribution in [2.24, 2.45) is 13.0 Å². The van der Waals surface area contributed by atoms with E-state index in [-0.39, 0.29) is 11.8 Å². The molecule has 1 heterocycles. The molecule has 0 aromatic carbocycles. The molecule has 0 aliphatic heterocycles. The molecule has 1 saturated carbocycles. The van der Waals surface area contributed by atoms with E-state index in [1.54, 1.807) is 6.20 Å². The number of aliphatic carboxylic acids is 1. The molecule has 1 aromatic heterocycles. The summed E-state index contributed by atoms with van der Waals surface area (Å²) in [6, 6.07) is 0. The largest absolute Gasteiger partial charge is 0.481 e. The molecule has 1 aliphatic carbocycles. The normalized spacial score (nSPS) is 26.5. The molecular weight excluding hydrogens is 192 g/mol. The number of carboxylic acids is 1. The Kier molecular flexibility index (Phi) is 2.75. The molecule has 1 aliphatic rings. The van der Waals surface area contributed by atoms with Crippen molar-refractivity contribution in [3.8, 4) is 0 Å². The Morgan fingerprint density at radius 3 is 2.87 bits per heavy atom. The van der Waals surface area contributed by atoms with Crippen LogP contribution in [0.1, 0.15) is 37.4 Å². The van der Waals surface area contributed by atoms with Gasteiger partial charge in [-0.15, -0.1) is 0 Å². The molecule has 0 amide bonds. The van der Waals surface area contributed by atoms with Crippen LogP contribution in [-0.4, -0.2) is 20.6 Å². The molecule has 2 rings (SSSR count). The fraction of sp³-hybridized carbons (Fsp3) is 0.636. The summed E-state index contributed by atoms with van der Waals surface area (Å²) < 4.78 is 1.94. The summed E-state index contributed by atoms with van der Waals surface area (Å²) in [5.41, 5.74) is 0. The number of nitrogens with zero attached hydrogens (tertiary/aromatic N) is 2. The van der Waals surface area contributed by atoms with E-state index in [1.807, 2.05) is 17.8 Å². The molecule has 15 heavy (non-hydrogen) atoms. The first-order chi connectivity index (χ1) is 7.20. The first-order valence-corrected chi connectivity index (χ1v) is 5.40. The van der Waals surface area contributed by atoms with Crippen LogP contribution in [0.25, 0.3) is 0 Å². The smallest absolute Gasteiger partial charge is 0.307 e. The lowest BCUT2D eigenvalue weighted by Crippen LogP contribution is -2.27. The van der Waals surface area contributed by atoms with Crippen LogP contribution >= 0.6 is 0 Å². The second kappa shape index (κ2) is 4.04. The van der Waals surface area contributed by atoms with Crippen molar-refractivity contribution in [3.63, 3.8) is 0 Å². The SMILES string of the molecule is Cn1ccnc1[C@H]1CCCC[C@@H]1C(=O)O. The van der Waals surface area contributed by atoms with E-state index < -0.39 is 5.97 Å². The Bertz CT molecular complexity index is 359. The number of imidazole rings is 1. The Balaban J connectivity index is 2.25. The molecular formula is C11H16N2O2. The summed E-state index contributed by atoms with van der Waals surface area (Å²) in [4.78, 5) is 15.4. The van der Waals surface area contributed by atoms with Crippen molar-refractivity contribution < 1.29 is 9.90 Å². The van der Waals surface area contributed by atoms with Crippen molar-refractivity contribution in [3.05, 3.63) is 18.2 Å². The Labute approximate surface area is 88.9 Å². The zero-order valence-corrected chi connectivity index (χ0v) is 8.89. The molecule has 1 aromatic rings. The van der Waals surface area contributed by atoms with E-state index in [9.17, 15) is 4.79 Å². The van der Waals surface area contributed by atoms with Crippen molar-refractivity contribution in [2.45, 2.75) is 31.6 Å². The lowest BCUT2D eigenvalue weighted by molar-refractivity contribution is -0.143. The zero-order valence-electron chi connectivity index (χ0n) is 8.89. The van der Waals surface area contributed by atoms with Gasteiger partial charge in [0.25, 0.3) is 0 Å². The van der Waals surface area contributed by atoms with Crippen molar-refractivity contribution in [1.82, 2.24) is 9.55 Å². The summed E-state index contributed by atoms with van der Waals surface area (Å²) in [6.45, 7) is 0. The summed E-state index contributed by atoms with van der Waals surface area (Å²) in [5, 5.41) is 9.16. The predicted molar refractivity (Wildman–Crippen MR) is 55.5 cm³/mol. The van der Waals surface area contributed by atoms with Gasteiger partial charge in [0.15, 0.2) is 0 Å². The average Bonchev–Trinajstić information content (AvgIpc) is 2.64. The molecule has 82 valence electrons. The lowest BCUT2D eigenvalue weighted by atomic mass is 9.79. The number of rotatable bonds is 2. The minimum absolute atomic E-state index is 0.0937. The van der Waals surface area contributed by atoms with Gasteiger partial charge >= 0.3 is 5.97 Å². The van der Waals surface area contributed by atoms with Crippen molar-refractivity contribution >= 4 is 5.97 Å². The maximum Gasteiger partial charge on any atom is 0.307 e. The van der Waals surface area contributed by atoms with Gasteiger partial charge in [0.05, 0.1) is 5.92 Å². The van der Waals surface area contributed by atoms with Gasteiger partial charge in [0, 0.05) is 25.4 Å². The highest BCUT2D eigenvalue weighted by molar-refractivity contribution is 5.71. The maximum absolute atomic E-state index is 11.1. The van der Waals surface area contributed by atoms with Crippen LogP contribution in [-0.2, 0) is 11.8 Å². The molecule has 0 spiro atoms. The van der Waals surface area contributed by atoms with Crippen LogP contribution < -0.4 is 0 Å². The number of carboxylic acid groups (broad SMARTS) is 1. The quantitative estimate of drug-likeness (QED) is 0.806. The topological polar surface area (TPSA) is 55.1 Å². The zero-order chi connectivity index (χ0) is 10.8. The molecule has 1 fully saturated rings. The molecule has 0 saturated heterocycles. The minimum atomic E-state index is -0.678. The molecule has 1 N–H and O–H groups in total. The third kappa shape index (κ3) is 1.89. The van der Waals surface area contributed by atoms with E-state index in [2.05, 4.69) is 4.98 Å². The van der Waals surface area contributed by atoms with Crippen molar-refractivity contribution in [1.29, 1.82) is 0 Å². The highest BCUT2D eigenvalue weighted by atomic mass is 16.4. The summed E-state index contributed by atoms with van der Waals surface area (Å²) in [6.07, 6.45) is 7.49. The fourth-order valence-electron chi connectivity index (χ4n) is 2.47. The Hall–Kier alpha value is -1.32. The molecule has 0 radical (unpaired) electrons. The number of hydrogen-bond acceptors (Lipinski definition) is 2. The molecule has 4 nitrogen and oxygen atoms in total. The average molecular weight is 208 g/mol. The van der Waals surface area contributed by atoms with Gasteiger partial charge in [-0.05, 0) is 12.8 Å². The van der Waals surface area contributed by atoms with Crippen LogP contribution in [0.5, 0.6) is 0 Å². The van der Waals surface area contributed by atoms with Crippen molar-refractivity contribution in [2.75, 3.05) is 0 Å².